The standard InChI is InChI=1S/C35H47ClN6O3S/c1-26-7-13-31(14-8-26)46(44,45)42-18-15-30(37)22-33(42)32(21-27-9-11-29(36)12-10-27)34(43)40-19-16-35(17-20-40,23-41-25-38-24-39-41)28-5-3-2-4-6-28/h7-14,24-25,28,30,32-33H,2-6,15-23,37H2,1H3/t30?,32-,33?/m1/s1. The van der Waals surface area contributed by atoms with E-state index in [1.54, 1.807) is 29.1 Å². The van der Waals surface area contributed by atoms with E-state index in [0.29, 0.717) is 43.3 Å². The molecule has 9 nitrogen and oxygen atoms in total. The van der Waals surface area contributed by atoms with Gasteiger partial charge in [-0.25, -0.2) is 13.4 Å². The van der Waals surface area contributed by atoms with Gasteiger partial charge in [-0.1, -0.05) is 60.7 Å². The highest BCUT2D eigenvalue weighted by atomic mass is 35.5. The average Bonchev–Trinajstić information content (AvgIpc) is 3.58. The van der Waals surface area contributed by atoms with Crippen molar-refractivity contribution in [2.45, 2.75) is 94.7 Å². The van der Waals surface area contributed by atoms with Crippen molar-refractivity contribution in [3.05, 3.63) is 77.3 Å². The zero-order valence-corrected chi connectivity index (χ0v) is 28.4. The van der Waals surface area contributed by atoms with Crippen LogP contribution in [0.2, 0.25) is 5.02 Å². The van der Waals surface area contributed by atoms with Crippen LogP contribution in [0.4, 0.5) is 0 Å². The van der Waals surface area contributed by atoms with E-state index in [-0.39, 0.29) is 28.8 Å². The summed E-state index contributed by atoms with van der Waals surface area (Å²) in [6.45, 7) is 4.33. The molecule has 0 radical (unpaired) electrons. The van der Waals surface area contributed by atoms with Crippen molar-refractivity contribution in [3.63, 3.8) is 0 Å². The highest BCUT2D eigenvalue weighted by molar-refractivity contribution is 7.89. The third-order valence-electron chi connectivity index (χ3n) is 10.9. The SMILES string of the molecule is Cc1ccc(S(=O)(=O)N2CCC(N)CC2[C@@H](Cc2ccc(Cl)cc2)C(=O)N2CCC(Cn3cncn3)(C3CCCCC3)CC2)cc1. The lowest BCUT2D eigenvalue weighted by atomic mass is 9.63. The summed E-state index contributed by atoms with van der Waals surface area (Å²) >= 11 is 6.21. The van der Waals surface area contributed by atoms with E-state index < -0.39 is 22.0 Å². The summed E-state index contributed by atoms with van der Waals surface area (Å²) in [5.41, 5.74) is 8.53. The number of carbonyl (C=O) groups excluding carboxylic acids is 1. The number of benzene rings is 2. The van der Waals surface area contributed by atoms with Crippen molar-refractivity contribution in [1.29, 1.82) is 0 Å². The summed E-state index contributed by atoms with van der Waals surface area (Å²) in [4.78, 5) is 21.2. The van der Waals surface area contributed by atoms with Crippen molar-refractivity contribution >= 4 is 27.5 Å². The number of likely N-dealkylation sites (tertiary alicyclic amines) is 1. The number of nitrogens with zero attached hydrogens (tertiary/aromatic N) is 5. The highest BCUT2D eigenvalue weighted by Crippen LogP contribution is 2.47. The van der Waals surface area contributed by atoms with E-state index in [1.807, 2.05) is 52.9 Å². The van der Waals surface area contributed by atoms with Gasteiger partial charge < -0.3 is 10.6 Å². The number of halogens is 1. The Morgan fingerprint density at radius 3 is 2.35 bits per heavy atom. The highest BCUT2D eigenvalue weighted by Gasteiger charge is 2.47. The molecule has 1 amide bonds. The number of aromatic nitrogens is 3. The molecule has 2 unspecified atom stereocenters. The van der Waals surface area contributed by atoms with Gasteiger partial charge in [0.05, 0.1) is 10.8 Å². The number of nitrogens with two attached hydrogens (primary N) is 1. The Kier molecular flexibility index (Phi) is 10.2. The lowest BCUT2D eigenvalue weighted by molar-refractivity contribution is -0.141. The Morgan fingerprint density at radius 1 is 1.00 bits per heavy atom. The van der Waals surface area contributed by atoms with Crippen LogP contribution in [-0.2, 0) is 27.8 Å². The lowest BCUT2D eigenvalue weighted by Gasteiger charge is -2.49. The van der Waals surface area contributed by atoms with Crippen LogP contribution >= 0.6 is 11.6 Å². The number of aryl methyl sites for hydroxylation is 1. The smallest absolute Gasteiger partial charge is 0.243 e. The molecule has 2 saturated heterocycles. The third kappa shape index (κ3) is 7.20. The molecule has 1 aromatic heterocycles. The molecule has 3 aromatic rings. The number of hydrogen-bond acceptors (Lipinski definition) is 6. The first-order valence-electron chi connectivity index (χ1n) is 16.8. The number of piperidine rings is 2. The minimum absolute atomic E-state index is 0.0103. The second-order valence-corrected chi connectivity index (χ2v) is 16.2. The summed E-state index contributed by atoms with van der Waals surface area (Å²) in [5, 5.41) is 5.08. The Hall–Kier alpha value is -2.79. The van der Waals surface area contributed by atoms with Gasteiger partial charge in [-0.3, -0.25) is 9.48 Å². The van der Waals surface area contributed by atoms with Gasteiger partial charge in [-0.2, -0.15) is 9.40 Å². The maximum atomic E-state index is 14.7. The van der Waals surface area contributed by atoms with Crippen molar-refractivity contribution < 1.29 is 13.2 Å². The van der Waals surface area contributed by atoms with Crippen LogP contribution in [0.25, 0.3) is 0 Å². The fourth-order valence-corrected chi connectivity index (χ4v) is 10.0. The second-order valence-electron chi connectivity index (χ2n) is 13.8. The van der Waals surface area contributed by atoms with Crippen LogP contribution in [-0.4, -0.2) is 70.0 Å². The zero-order chi connectivity index (χ0) is 32.3. The first-order valence-corrected chi connectivity index (χ1v) is 18.7. The molecule has 2 aliphatic heterocycles. The van der Waals surface area contributed by atoms with Crippen LogP contribution in [0.5, 0.6) is 0 Å². The van der Waals surface area contributed by atoms with Crippen molar-refractivity contribution in [3.8, 4) is 0 Å². The number of rotatable bonds is 9. The van der Waals surface area contributed by atoms with Crippen LogP contribution < -0.4 is 5.73 Å². The molecule has 3 heterocycles. The fraction of sp³-hybridized carbons (Fsp3) is 0.571. The summed E-state index contributed by atoms with van der Waals surface area (Å²) in [6, 6.07) is 13.8. The van der Waals surface area contributed by atoms with Crippen LogP contribution in [0.1, 0.15) is 68.9 Å². The molecular formula is C35H47ClN6O3S. The monoisotopic (exact) mass is 666 g/mol. The van der Waals surface area contributed by atoms with E-state index in [1.165, 1.54) is 32.1 Å². The minimum Gasteiger partial charge on any atom is -0.342 e. The first-order chi connectivity index (χ1) is 22.1. The predicted octanol–water partition coefficient (Wildman–Crippen LogP) is 5.47. The molecule has 0 bridgehead atoms. The normalized spacial score (nSPS) is 23.7. The molecule has 1 aliphatic carbocycles. The molecule has 6 rings (SSSR count). The van der Waals surface area contributed by atoms with Crippen molar-refractivity contribution in [1.82, 2.24) is 24.0 Å². The van der Waals surface area contributed by atoms with Gasteiger partial charge in [0.25, 0.3) is 0 Å². The molecular weight excluding hydrogens is 620 g/mol. The molecule has 2 N–H and O–H groups in total. The topological polar surface area (TPSA) is 114 Å². The van der Waals surface area contributed by atoms with Gasteiger partial charge in [0.2, 0.25) is 15.9 Å². The maximum Gasteiger partial charge on any atom is 0.243 e. The van der Waals surface area contributed by atoms with Crippen LogP contribution in [0.15, 0.2) is 66.1 Å². The largest absolute Gasteiger partial charge is 0.342 e. The van der Waals surface area contributed by atoms with Gasteiger partial charge in [0.15, 0.2) is 0 Å². The average molecular weight is 667 g/mol. The number of carbonyl (C=O) groups is 1. The van der Waals surface area contributed by atoms with Gasteiger partial charge >= 0.3 is 0 Å². The summed E-state index contributed by atoms with van der Waals surface area (Å²) < 4.78 is 31.8. The molecule has 3 fully saturated rings. The summed E-state index contributed by atoms with van der Waals surface area (Å²) in [5.74, 6) is 0.0282. The Bertz CT molecular complexity index is 1550. The Balaban J connectivity index is 1.29. The summed E-state index contributed by atoms with van der Waals surface area (Å²) in [6.07, 6.45) is 12.8. The Morgan fingerprint density at radius 2 is 1.70 bits per heavy atom. The molecule has 46 heavy (non-hydrogen) atoms. The first kappa shape index (κ1) is 33.1. The third-order valence-corrected chi connectivity index (χ3v) is 13.1. The Labute approximate surface area is 278 Å². The predicted molar refractivity (Wildman–Crippen MR) is 180 cm³/mol. The number of sulfonamides is 1. The molecule has 11 heteroatoms. The molecule has 3 atom stereocenters. The van der Waals surface area contributed by atoms with E-state index in [2.05, 4.69) is 10.1 Å². The van der Waals surface area contributed by atoms with Crippen molar-refractivity contribution in [2.24, 2.45) is 23.0 Å². The lowest BCUT2D eigenvalue weighted by Crippen LogP contribution is -2.57. The van der Waals surface area contributed by atoms with Crippen molar-refractivity contribution in [2.75, 3.05) is 19.6 Å². The summed E-state index contributed by atoms with van der Waals surface area (Å²) in [7, 11) is -3.85. The zero-order valence-electron chi connectivity index (χ0n) is 26.8. The molecule has 1 saturated carbocycles. The van der Waals surface area contributed by atoms with E-state index in [4.69, 9.17) is 17.3 Å². The minimum atomic E-state index is -3.85. The van der Waals surface area contributed by atoms with E-state index in [9.17, 15) is 13.2 Å². The van der Waals surface area contributed by atoms with Crippen LogP contribution in [0.3, 0.4) is 0 Å². The van der Waals surface area contributed by atoms with Gasteiger partial charge in [0, 0.05) is 43.3 Å². The van der Waals surface area contributed by atoms with Gasteiger partial charge in [-0.15, -0.1) is 0 Å². The van der Waals surface area contributed by atoms with Gasteiger partial charge in [-0.05, 0) is 93.0 Å². The number of hydrogen-bond donors (Lipinski definition) is 1. The number of amides is 1. The van der Waals surface area contributed by atoms with Gasteiger partial charge in [0.1, 0.15) is 12.7 Å². The van der Waals surface area contributed by atoms with E-state index >= 15 is 0 Å². The molecule has 2 aromatic carbocycles. The molecule has 0 spiro atoms. The fourth-order valence-electron chi connectivity index (χ4n) is 8.23. The molecule has 3 aliphatic rings. The van der Waals surface area contributed by atoms with E-state index in [0.717, 1.165) is 30.5 Å². The second kappa shape index (κ2) is 14.1. The molecule has 248 valence electrons. The maximum absolute atomic E-state index is 14.7. The van der Waals surface area contributed by atoms with Crippen LogP contribution in [0, 0.1) is 24.2 Å². The quantitative estimate of drug-likeness (QED) is 0.324.